The molecule has 1 aromatic carbocycles. The first-order valence-electron chi connectivity index (χ1n) is 7.98. The summed E-state index contributed by atoms with van der Waals surface area (Å²) < 4.78 is 5.82. The Balaban J connectivity index is 2.10. The Bertz CT molecular complexity index is 422. The summed E-state index contributed by atoms with van der Waals surface area (Å²) in [5.41, 5.74) is 1.61. The smallest absolute Gasteiger partial charge is 0.122 e. The second-order valence-corrected chi connectivity index (χ2v) is 6.90. The Morgan fingerprint density at radius 2 is 1.95 bits per heavy atom. The highest BCUT2D eigenvalue weighted by Crippen LogP contribution is 2.42. The van der Waals surface area contributed by atoms with Gasteiger partial charge in [0.1, 0.15) is 5.75 Å². The van der Waals surface area contributed by atoms with Gasteiger partial charge in [0, 0.05) is 5.54 Å². The van der Waals surface area contributed by atoms with Gasteiger partial charge in [-0.25, -0.2) is 0 Å². The van der Waals surface area contributed by atoms with E-state index in [1.807, 2.05) is 0 Å². The van der Waals surface area contributed by atoms with Crippen LogP contribution in [0.5, 0.6) is 5.75 Å². The Kier molecular flexibility index (Phi) is 5.09. The van der Waals surface area contributed by atoms with Crippen LogP contribution in [-0.2, 0) is 0 Å². The summed E-state index contributed by atoms with van der Waals surface area (Å²) in [5, 5.41) is 3.67. The predicted octanol–water partition coefficient (Wildman–Crippen LogP) is 4.36. The molecule has 0 aliphatic heterocycles. The van der Waals surface area contributed by atoms with Crippen molar-refractivity contribution in [3.05, 3.63) is 29.8 Å². The summed E-state index contributed by atoms with van der Waals surface area (Å²) >= 11 is 0. The van der Waals surface area contributed by atoms with Crippen molar-refractivity contribution in [3.63, 3.8) is 0 Å². The third-order valence-corrected chi connectivity index (χ3v) is 4.17. The highest BCUT2D eigenvalue weighted by Gasteiger charge is 2.31. The van der Waals surface area contributed by atoms with Crippen LogP contribution < -0.4 is 10.1 Å². The van der Waals surface area contributed by atoms with Crippen LogP contribution in [-0.4, -0.2) is 18.7 Å². The first-order chi connectivity index (χ1) is 9.51. The topological polar surface area (TPSA) is 21.3 Å². The van der Waals surface area contributed by atoms with Crippen LogP contribution >= 0.6 is 0 Å². The number of para-hydroxylation sites is 1. The van der Waals surface area contributed by atoms with E-state index in [1.54, 1.807) is 0 Å². The van der Waals surface area contributed by atoms with E-state index in [0.29, 0.717) is 5.92 Å². The van der Waals surface area contributed by atoms with Crippen LogP contribution in [0.3, 0.4) is 0 Å². The minimum Gasteiger partial charge on any atom is -0.494 e. The van der Waals surface area contributed by atoms with Crippen LogP contribution in [0.25, 0.3) is 0 Å². The van der Waals surface area contributed by atoms with E-state index in [9.17, 15) is 0 Å². The highest BCUT2D eigenvalue weighted by molar-refractivity contribution is 5.37. The maximum Gasteiger partial charge on any atom is 0.122 e. The van der Waals surface area contributed by atoms with Gasteiger partial charge in [0.2, 0.25) is 0 Å². The zero-order valence-electron chi connectivity index (χ0n) is 13.4. The second kappa shape index (κ2) is 6.62. The van der Waals surface area contributed by atoms with Gasteiger partial charge < -0.3 is 10.1 Å². The van der Waals surface area contributed by atoms with Crippen LogP contribution in [0.2, 0.25) is 0 Å². The fourth-order valence-electron chi connectivity index (χ4n) is 3.20. The lowest BCUT2D eigenvalue weighted by Gasteiger charge is -2.27. The molecule has 0 radical (unpaired) electrons. The molecule has 1 saturated carbocycles. The molecule has 0 spiro atoms. The van der Waals surface area contributed by atoms with Crippen molar-refractivity contribution >= 4 is 0 Å². The number of benzene rings is 1. The van der Waals surface area contributed by atoms with Crippen molar-refractivity contribution in [1.29, 1.82) is 0 Å². The first-order valence-corrected chi connectivity index (χ1v) is 7.98. The highest BCUT2D eigenvalue weighted by atomic mass is 16.5. The van der Waals surface area contributed by atoms with Crippen LogP contribution in [0.4, 0.5) is 0 Å². The van der Waals surface area contributed by atoms with E-state index in [2.05, 4.69) is 57.3 Å². The van der Waals surface area contributed by atoms with E-state index in [1.165, 1.54) is 24.8 Å². The lowest BCUT2D eigenvalue weighted by molar-refractivity contribution is 0.322. The molecule has 1 aliphatic carbocycles. The molecule has 20 heavy (non-hydrogen) atoms. The molecule has 0 bridgehead atoms. The first kappa shape index (κ1) is 15.4. The fraction of sp³-hybridized carbons (Fsp3) is 0.667. The molecule has 112 valence electrons. The van der Waals surface area contributed by atoms with E-state index < -0.39 is 0 Å². The monoisotopic (exact) mass is 275 g/mol. The van der Waals surface area contributed by atoms with Crippen molar-refractivity contribution < 1.29 is 4.74 Å². The molecule has 2 atom stereocenters. The van der Waals surface area contributed by atoms with Gasteiger partial charge in [0.15, 0.2) is 0 Å². The molecule has 2 nitrogen and oxygen atoms in total. The van der Waals surface area contributed by atoms with Crippen LogP contribution in [0.1, 0.15) is 58.4 Å². The molecular weight excluding hydrogens is 246 g/mol. The number of nitrogens with one attached hydrogen (secondary N) is 1. The van der Waals surface area contributed by atoms with E-state index in [-0.39, 0.29) is 5.54 Å². The van der Waals surface area contributed by atoms with Crippen LogP contribution in [0, 0.1) is 5.92 Å². The molecule has 0 saturated heterocycles. The summed E-state index contributed by atoms with van der Waals surface area (Å²) in [4.78, 5) is 0. The average Bonchev–Trinajstić information content (AvgIpc) is 2.85. The van der Waals surface area contributed by atoms with E-state index in [0.717, 1.165) is 24.8 Å². The minimum absolute atomic E-state index is 0.201. The molecule has 1 fully saturated rings. The van der Waals surface area contributed by atoms with Gasteiger partial charge in [-0.2, -0.15) is 0 Å². The molecule has 2 unspecified atom stereocenters. The fourth-order valence-corrected chi connectivity index (χ4v) is 3.20. The maximum atomic E-state index is 5.82. The largest absolute Gasteiger partial charge is 0.494 e. The number of hydrogen-bond donors (Lipinski definition) is 1. The minimum atomic E-state index is 0.201. The van der Waals surface area contributed by atoms with Crippen molar-refractivity contribution in [1.82, 2.24) is 5.32 Å². The SMILES string of the molecule is CCOc1ccccc1C1CCCC1CNC(C)(C)C. The molecular formula is C18H29NO. The maximum absolute atomic E-state index is 5.82. The van der Waals surface area contributed by atoms with Gasteiger partial charge >= 0.3 is 0 Å². The van der Waals surface area contributed by atoms with E-state index in [4.69, 9.17) is 4.74 Å². The zero-order chi connectivity index (χ0) is 14.6. The Hall–Kier alpha value is -1.02. The van der Waals surface area contributed by atoms with Crippen molar-refractivity contribution in [2.24, 2.45) is 5.92 Å². The van der Waals surface area contributed by atoms with Gasteiger partial charge in [-0.1, -0.05) is 24.6 Å². The molecule has 1 aromatic rings. The van der Waals surface area contributed by atoms with Crippen molar-refractivity contribution in [2.75, 3.05) is 13.2 Å². The molecule has 2 heteroatoms. The standard InChI is InChI=1S/C18H29NO/c1-5-20-17-12-7-6-10-16(17)15-11-8-9-14(15)13-19-18(2,3)4/h6-7,10,12,14-15,19H,5,8-9,11,13H2,1-4H3. The number of hydrogen-bond acceptors (Lipinski definition) is 2. The molecule has 1 aliphatic rings. The van der Waals surface area contributed by atoms with Gasteiger partial charge in [-0.05, 0) is 70.5 Å². The average molecular weight is 275 g/mol. The van der Waals surface area contributed by atoms with Crippen LogP contribution in [0.15, 0.2) is 24.3 Å². The van der Waals surface area contributed by atoms with Crippen molar-refractivity contribution in [2.45, 2.75) is 58.4 Å². The van der Waals surface area contributed by atoms with Gasteiger partial charge in [-0.3, -0.25) is 0 Å². The summed E-state index contributed by atoms with van der Waals surface area (Å²) in [7, 11) is 0. The second-order valence-electron chi connectivity index (χ2n) is 6.90. The lowest BCUT2D eigenvalue weighted by Crippen LogP contribution is -2.39. The molecule has 0 aromatic heterocycles. The normalized spacial score (nSPS) is 23.0. The van der Waals surface area contributed by atoms with Gasteiger partial charge in [0.05, 0.1) is 6.61 Å². The molecule has 1 N–H and O–H groups in total. The summed E-state index contributed by atoms with van der Waals surface area (Å²) in [6, 6.07) is 8.59. The van der Waals surface area contributed by atoms with Gasteiger partial charge in [-0.15, -0.1) is 0 Å². The Morgan fingerprint density at radius 1 is 1.20 bits per heavy atom. The summed E-state index contributed by atoms with van der Waals surface area (Å²) in [5.74, 6) is 2.46. The number of rotatable bonds is 5. The van der Waals surface area contributed by atoms with Crippen molar-refractivity contribution in [3.8, 4) is 5.75 Å². The third-order valence-electron chi connectivity index (χ3n) is 4.17. The third kappa shape index (κ3) is 3.99. The molecule has 2 rings (SSSR count). The Morgan fingerprint density at radius 3 is 2.65 bits per heavy atom. The number of ether oxygens (including phenoxy) is 1. The zero-order valence-corrected chi connectivity index (χ0v) is 13.4. The van der Waals surface area contributed by atoms with Gasteiger partial charge in [0.25, 0.3) is 0 Å². The van der Waals surface area contributed by atoms with E-state index >= 15 is 0 Å². The molecule has 0 heterocycles. The Labute approximate surface area is 123 Å². The summed E-state index contributed by atoms with van der Waals surface area (Å²) in [6.45, 7) is 10.6. The predicted molar refractivity (Wildman–Crippen MR) is 85.4 cm³/mol. The lowest BCUT2D eigenvalue weighted by atomic mass is 9.87. The summed E-state index contributed by atoms with van der Waals surface area (Å²) in [6.07, 6.45) is 3.95. The quantitative estimate of drug-likeness (QED) is 0.862. The molecule has 0 amide bonds.